The summed E-state index contributed by atoms with van der Waals surface area (Å²) < 4.78 is 0. The summed E-state index contributed by atoms with van der Waals surface area (Å²) in [6.45, 7) is 3.21. The molecule has 3 atom stereocenters. The molecule has 0 aromatic heterocycles. The second-order valence-corrected chi connectivity index (χ2v) is 5.58. The number of aliphatic carboxylic acids is 1. The fraction of sp³-hybridized carbons (Fsp3) is 0.615. The van der Waals surface area contributed by atoms with Gasteiger partial charge < -0.3 is 32.9 Å². The van der Waals surface area contributed by atoms with Gasteiger partial charge in [-0.15, -0.1) is 0 Å². The summed E-state index contributed by atoms with van der Waals surface area (Å²) in [4.78, 5) is 56.7. The van der Waals surface area contributed by atoms with Crippen molar-refractivity contribution in [2.45, 2.75) is 44.8 Å². The molecule has 0 fully saturated rings. The monoisotopic (exact) mass is 345 g/mol. The minimum Gasteiger partial charge on any atom is -0.480 e. The van der Waals surface area contributed by atoms with Gasteiger partial charge in [0.05, 0.1) is 18.9 Å². The first-order chi connectivity index (χ1) is 11.0. The van der Waals surface area contributed by atoms with Crippen LogP contribution in [0.1, 0.15) is 26.7 Å². The fourth-order valence-corrected chi connectivity index (χ4v) is 1.77. The molecule has 136 valence electrons. The summed E-state index contributed by atoms with van der Waals surface area (Å²) in [6, 6.07) is -3.88. The highest BCUT2D eigenvalue weighted by Gasteiger charge is 2.30. The maximum Gasteiger partial charge on any atom is 0.326 e. The Morgan fingerprint density at radius 1 is 0.917 bits per heavy atom. The quantitative estimate of drug-likeness (QED) is 0.238. The maximum atomic E-state index is 12.2. The van der Waals surface area contributed by atoms with E-state index >= 15 is 0 Å². The Balaban J connectivity index is 5.00. The van der Waals surface area contributed by atoms with E-state index in [1.165, 1.54) is 0 Å². The molecular formula is C13H23N5O6. The molecule has 0 rings (SSSR count). The van der Waals surface area contributed by atoms with Crippen molar-refractivity contribution in [3.63, 3.8) is 0 Å². The first-order valence-corrected chi connectivity index (χ1v) is 7.11. The number of nitrogens with two attached hydrogens (primary N) is 3. The molecule has 4 amide bonds. The Hall–Kier alpha value is -2.69. The van der Waals surface area contributed by atoms with Crippen molar-refractivity contribution in [2.75, 3.05) is 0 Å². The van der Waals surface area contributed by atoms with Crippen molar-refractivity contribution in [3.8, 4) is 0 Å². The standard InChI is InChI=1S/C13H23N5O6/c1-5(2)10(18-11(21)6(14)3-8(15)19)12(22)17-7(13(23)24)4-9(16)20/h5-7,10H,3-4,14H2,1-2H3,(H2,15,19)(H2,16,20)(H,17,22)(H,18,21)(H,23,24). The molecule has 24 heavy (non-hydrogen) atoms. The van der Waals surface area contributed by atoms with E-state index in [1.54, 1.807) is 13.8 Å². The highest BCUT2D eigenvalue weighted by Crippen LogP contribution is 2.04. The molecule has 0 bridgehead atoms. The summed E-state index contributed by atoms with van der Waals surface area (Å²) in [5.41, 5.74) is 15.3. The van der Waals surface area contributed by atoms with Gasteiger partial charge in [0.15, 0.2) is 0 Å². The second-order valence-electron chi connectivity index (χ2n) is 5.58. The third-order valence-electron chi connectivity index (χ3n) is 3.02. The molecule has 0 radical (unpaired) electrons. The number of carbonyl (C=O) groups is 5. The minimum atomic E-state index is -1.52. The molecule has 0 heterocycles. The van der Waals surface area contributed by atoms with Crippen LogP contribution in [0, 0.1) is 5.92 Å². The zero-order valence-corrected chi connectivity index (χ0v) is 13.4. The van der Waals surface area contributed by atoms with Gasteiger partial charge in [-0.05, 0) is 5.92 Å². The van der Waals surface area contributed by atoms with Crippen molar-refractivity contribution >= 4 is 29.6 Å². The highest BCUT2D eigenvalue weighted by atomic mass is 16.4. The molecule has 9 N–H and O–H groups in total. The van der Waals surface area contributed by atoms with E-state index in [0.29, 0.717) is 0 Å². The van der Waals surface area contributed by atoms with Crippen molar-refractivity contribution in [1.82, 2.24) is 10.6 Å². The summed E-state index contributed by atoms with van der Waals surface area (Å²) in [5.74, 6) is -5.16. The van der Waals surface area contributed by atoms with Gasteiger partial charge in [0, 0.05) is 0 Å². The van der Waals surface area contributed by atoms with E-state index in [2.05, 4.69) is 10.6 Å². The van der Waals surface area contributed by atoms with E-state index in [0.717, 1.165) is 0 Å². The van der Waals surface area contributed by atoms with E-state index in [9.17, 15) is 24.0 Å². The number of rotatable bonds is 10. The largest absolute Gasteiger partial charge is 0.480 e. The molecule has 11 nitrogen and oxygen atoms in total. The van der Waals surface area contributed by atoms with Crippen molar-refractivity contribution in [2.24, 2.45) is 23.1 Å². The van der Waals surface area contributed by atoms with Gasteiger partial charge in [0.25, 0.3) is 0 Å². The molecule has 0 aromatic carbocycles. The summed E-state index contributed by atoms with van der Waals surface area (Å²) in [5, 5.41) is 13.4. The average molecular weight is 345 g/mol. The number of carbonyl (C=O) groups excluding carboxylic acids is 4. The third kappa shape index (κ3) is 7.54. The minimum absolute atomic E-state index is 0.405. The Morgan fingerprint density at radius 2 is 1.42 bits per heavy atom. The van der Waals surface area contributed by atoms with Crippen LogP contribution in [0.3, 0.4) is 0 Å². The molecule has 0 spiro atoms. The predicted molar refractivity (Wildman–Crippen MR) is 81.9 cm³/mol. The first kappa shape index (κ1) is 21.3. The molecule has 0 saturated carbocycles. The van der Waals surface area contributed by atoms with Gasteiger partial charge in [0.2, 0.25) is 23.6 Å². The highest BCUT2D eigenvalue weighted by molar-refractivity contribution is 5.94. The number of amides is 4. The predicted octanol–water partition coefficient (Wildman–Crippen LogP) is -3.23. The Labute approximate surface area is 138 Å². The van der Waals surface area contributed by atoms with Gasteiger partial charge in [-0.25, -0.2) is 4.79 Å². The second kappa shape index (κ2) is 9.45. The lowest BCUT2D eigenvalue weighted by Gasteiger charge is -2.24. The number of primary amides is 2. The van der Waals surface area contributed by atoms with Crippen LogP contribution < -0.4 is 27.8 Å². The molecule has 0 aliphatic carbocycles. The van der Waals surface area contributed by atoms with Crippen LogP contribution in [0.4, 0.5) is 0 Å². The number of carboxylic acid groups (broad SMARTS) is 1. The lowest BCUT2D eigenvalue weighted by molar-refractivity contribution is -0.144. The van der Waals surface area contributed by atoms with E-state index in [4.69, 9.17) is 22.3 Å². The maximum absolute atomic E-state index is 12.2. The lowest BCUT2D eigenvalue weighted by Crippen LogP contribution is -2.57. The first-order valence-electron chi connectivity index (χ1n) is 7.11. The summed E-state index contributed by atoms with van der Waals surface area (Å²) in [6.07, 6.45) is -1.00. The summed E-state index contributed by atoms with van der Waals surface area (Å²) in [7, 11) is 0. The Bertz CT molecular complexity index is 521. The van der Waals surface area contributed by atoms with Crippen molar-refractivity contribution in [3.05, 3.63) is 0 Å². The average Bonchev–Trinajstić information content (AvgIpc) is 2.41. The SMILES string of the molecule is CC(C)C(NC(=O)C(N)CC(N)=O)C(=O)NC(CC(N)=O)C(=O)O. The Morgan fingerprint density at radius 3 is 1.79 bits per heavy atom. The Kier molecular flexibility index (Phi) is 8.39. The van der Waals surface area contributed by atoms with Gasteiger partial charge in [0.1, 0.15) is 12.1 Å². The van der Waals surface area contributed by atoms with E-state index < -0.39 is 66.5 Å². The summed E-state index contributed by atoms with van der Waals surface area (Å²) >= 11 is 0. The van der Waals surface area contributed by atoms with Crippen LogP contribution >= 0.6 is 0 Å². The molecule has 3 unspecified atom stereocenters. The van der Waals surface area contributed by atoms with Crippen LogP contribution in [-0.2, 0) is 24.0 Å². The molecule has 0 aliphatic heterocycles. The zero-order valence-electron chi connectivity index (χ0n) is 13.4. The van der Waals surface area contributed by atoms with Gasteiger partial charge in [-0.3, -0.25) is 19.2 Å². The van der Waals surface area contributed by atoms with Crippen molar-refractivity contribution < 1.29 is 29.1 Å². The van der Waals surface area contributed by atoms with E-state index in [-0.39, 0.29) is 0 Å². The van der Waals surface area contributed by atoms with Gasteiger partial charge >= 0.3 is 5.97 Å². The number of hydrogen-bond donors (Lipinski definition) is 6. The van der Waals surface area contributed by atoms with Gasteiger partial charge in [-0.1, -0.05) is 13.8 Å². The molecule has 0 aromatic rings. The van der Waals surface area contributed by atoms with Crippen LogP contribution in [0.5, 0.6) is 0 Å². The number of nitrogens with one attached hydrogen (secondary N) is 2. The zero-order chi connectivity index (χ0) is 19.0. The van der Waals surface area contributed by atoms with Crippen molar-refractivity contribution in [1.29, 1.82) is 0 Å². The number of carboxylic acids is 1. The van der Waals surface area contributed by atoms with Crippen LogP contribution in [0.15, 0.2) is 0 Å². The lowest BCUT2D eigenvalue weighted by atomic mass is 10.0. The smallest absolute Gasteiger partial charge is 0.326 e. The topological polar surface area (TPSA) is 208 Å². The molecule has 0 aliphatic rings. The molecular weight excluding hydrogens is 322 g/mol. The van der Waals surface area contributed by atoms with Crippen LogP contribution in [0.25, 0.3) is 0 Å². The van der Waals surface area contributed by atoms with Crippen LogP contribution in [0.2, 0.25) is 0 Å². The fourth-order valence-electron chi connectivity index (χ4n) is 1.77. The molecule has 11 heteroatoms. The third-order valence-corrected chi connectivity index (χ3v) is 3.02. The normalized spacial score (nSPS) is 14.3. The molecule has 0 saturated heterocycles. The number of hydrogen-bond acceptors (Lipinski definition) is 6. The van der Waals surface area contributed by atoms with Gasteiger partial charge in [-0.2, -0.15) is 0 Å². The van der Waals surface area contributed by atoms with Crippen LogP contribution in [-0.4, -0.2) is 52.8 Å². The van der Waals surface area contributed by atoms with E-state index in [1.807, 2.05) is 0 Å².